The Labute approximate surface area is 145 Å². The minimum Gasteiger partial charge on any atom is -0.340 e. The summed E-state index contributed by atoms with van der Waals surface area (Å²) in [6.07, 6.45) is 1.42. The molecule has 6 heteroatoms. The highest BCUT2D eigenvalue weighted by Gasteiger charge is 2.30. The van der Waals surface area contributed by atoms with E-state index in [4.69, 9.17) is 0 Å². The third-order valence-corrected chi connectivity index (χ3v) is 6.53. The second kappa shape index (κ2) is 7.66. The summed E-state index contributed by atoms with van der Waals surface area (Å²) in [6, 6.07) is 5.39. The molecule has 0 spiro atoms. The summed E-state index contributed by atoms with van der Waals surface area (Å²) in [7, 11) is -3.49. The first-order valence-corrected chi connectivity index (χ1v) is 10.0. The lowest BCUT2D eigenvalue weighted by atomic mass is 10.1. The van der Waals surface area contributed by atoms with Gasteiger partial charge in [0.15, 0.2) is 0 Å². The Morgan fingerprint density at radius 1 is 1.12 bits per heavy atom. The predicted molar refractivity (Wildman–Crippen MR) is 95.3 cm³/mol. The highest BCUT2D eigenvalue weighted by molar-refractivity contribution is 7.89. The molecule has 1 amide bonds. The van der Waals surface area contributed by atoms with Crippen molar-refractivity contribution < 1.29 is 13.2 Å². The van der Waals surface area contributed by atoms with Gasteiger partial charge < -0.3 is 4.90 Å². The molecular formula is C18H28N2O3S. The molecule has 1 heterocycles. The Balaban J connectivity index is 2.02. The molecule has 24 heavy (non-hydrogen) atoms. The van der Waals surface area contributed by atoms with E-state index in [0.29, 0.717) is 43.4 Å². The van der Waals surface area contributed by atoms with Crippen LogP contribution in [0.2, 0.25) is 0 Å². The van der Waals surface area contributed by atoms with Gasteiger partial charge in [0.05, 0.1) is 4.90 Å². The van der Waals surface area contributed by atoms with Crippen LogP contribution in [0.1, 0.15) is 37.8 Å². The van der Waals surface area contributed by atoms with Crippen molar-refractivity contribution in [3.63, 3.8) is 0 Å². The van der Waals surface area contributed by atoms with Crippen LogP contribution in [0.15, 0.2) is 23.1 Å². The minimum absolute atomic E-state index is 0.132. The van der Waals surface area contributed by atoms with Gasteiger partial charge in [-0.3, -0.25) is 4.79 Å². The number of hydrogen-bond donors (Lipinski definition) is 0. The predicted octanol–water partition coefficient (Wildman–Crippen LogP) is 2.57. The number of aryl methyl sites for hydroxylation is 2. The maximum absolute atomic E-state index is 12.8. The van der Waals surface area contributed by atoms with Crippen LogP contribution in [0.3, 0.4) is 0 Å². The maximum atomic E-state index is 12.8. The molecule has 5 nitrogen and oxygen atoms in total. The number of amides is 1. The van der Waals surface area contributed by atoms with Gasteiger partial charge in [-0.2, -0.15) is 4.31 Å². The Morgan fingerprint density at radius 3 is 2.29 bits per heavy atom. The number of carbonyl (C=O) groups is 1. The molecule has 0 aromatic heterocycles. The quantitative estimate of drug-likeness (QED) is 0.818. The first-order chi connectivity index (χ1) is 11.2. The summed E-state index contributed by atoms with van der Waals surface area (Å²) in [6.45, 7) is 9.65. The van der Waals surface area contributed by atoms with Crippen molar-refractivity contribution in [2.24, 2.45) is 5.92 Å². The fraction of sp³-hybridized carbons (Fsp3) is 0.611. The number of carbonyl (C=O) groups excluding carboxylic acids is 1. The zero-order valence-electron chi connectivity index (χ0n) is 15.1. The topological polar surface area (TPSA) is 57.7 Å². The van der Waals surface area contributed by atoms with E-state index in [1.54, 1.807) is 11.0 Å². The molecule has 2 rings (SSSR count). The van der Waals surface area contributed by atoms with Gasteiger partial charge in [0.2, 0.25) is 15.9 Å². The summed E-state index contributed by atoms with van der Waals surface area (Å²) in [5, 5.41) is 0. The first kappa shape index (κ1) is 18.9. The van der Waals surface area contributed by atoms with Crippen molar-refractivity contribution >= 4 is 15.9 Å². The molecular weight excluding hydrogens is 324 g/mol. The third-order valence-electron chi connectivity index (χ3n) is 4.48. The van der Waals surface area contributed by atoms with Gasteiger partial charge in [-0.1, -0.05) is 31.5 Å². The van der Waals surface area contributed by atoms with E-state index in [0.717, 1.165) is 17.5 Å². The van der Waals surface area contributed by atoms with Gasteiger partial charge in [-0.15, -0.1) is 0 Å². The third kappa shape index (κ3) is 4.36. The van der Waals surface area contributed by atoms with E-state index in [9.17, 15) is 13.2 Å². The highest BCUT2D eigenvalue weighted by Crippen LogP contribution is 2.22. The lowest BCUT2D eigenvalue weighted by Crippen LogP contribution is -2.50. The highest BCUT2D eigenvalue weighted by atomic mass is 32.2. The molecule has 1 saturated heterocycles. The second-order valence-corrected chi connectivity index (χ2v) is 8.89. The molecule has 0 N–H and O–H groups in total. The standard InChI is InChI=1S/C18H28N2O3S/c1-14(2)5-8-18(21)19-9-11-20(12-10-19)24(22,23)17-7-6-15(3)13-16(17)4/h6-7,13-14H,5,8-12H2,1-4H3. The van der Waals surface area contributed by atoms with Crippen molar-refractivity contribution in [3.8, 4) is 0 Å². The summed E-state index contributed by atoms with van der Waals surface area (Å²) in [4.78, 5) is 14.3. The van der Waals surface area contributed by atoms with Gasteiger partial charge in [-0.25, -0.2) is 8.42 Å². The van der Waals surface area contributed by atoms with E-state index >= 15 is 0 Å². The Bertz CT molecular complexity index is 690. The molecule has 0 atom stereocenters. The molecule has 0 radical (unpaired) electrons. The van der Waals surface area contributed by atoms with Crippen LogP contribution in [0.25, 0.3) is 0 Å². The number of piperazine rings is 1. The summed E-state index contributed by atoms with van der Waals surface area (Å²) < 4.78 is 27.2. The van der Waals surface area contributed by atoms with E-state index < -0.39 is 10.0 Å². The van der Waals surface area contributed by atoms with Gasteiger partial charge in [-0.05, 0) is 37.8 Å². The molecule has 1 aliphatic rings. The van der Waals surface area contributed by atoms with Crippen LogP contribution < -0.4 is 0 Å². The monoisotopic (exact) mass is 352 g/mol. The normalized spacial score (nSPS) is 16.6. The molecule has 0 aliphatic carbocycles. The molecule has 0 unspecified atom stereocenters. The van der Waals surface area contributed by atoms with E-state index in [1.807, 2.05) is 26.0 Å². The van der Waals surface area contributed by atoms with Crippen molar-refractivity contribution in [2.45, 2.75) is 45.4 Å². The van der Waals surface area contributed by atoms with Crippen LogP contribution in [-0.4, -0.2) is 49.7 Å². The van der Waals surface area contributed by atoms with Gasteiger partial charge in [0.1, 0.15) is 0 Å². The Morgan fingerprint density at radius 2 is 1.75 bits per heavy atom. The summed E-state index contributed by atoms with van der Waals surface area (Å²) in [5.41, 5.74) is 1.82. The van der Waals surface area contributed by atoms with Crippen molar-refractivity contribution in [3.05, 3.63) is 29.3 Å². The zero-order valence-corrected chi connectivity index (χ0v) is 15.9. The SMILES string of the molecule is Cc1ccc(S(=O)(=O)N2CCN(C(=O)CCC(C)C)CC2)c(C)c1. The van der Waals surface area contributed by atoms with Gasteiger partial charge in [0.25, 0.3) is 0 Å². The largest absolute Gasteiger partial charge is 0.340 e. The van der Waals surface area contributed by atoms with Gasteiger partial charge >= 0.3 is 0 Å². The van der Waals surface area contributed by atoms with E-state index in [1.165, 1.54) is 4.31 Å². The molecule has 0 bridgehead atoms. The van der Waals surface area contributed by atoms with Crippen molar-refractivity contribution in [1.29, 1.82) is 0 Å². The summed E-state index contributed by atoms with van der Waals surface area (Å²) in [5.74, 6) is 0.632. The average Bonchev–Trinajstić information content (AvgIpc) is 2.52. The second-order valence-electron chi connectivity index (χ2n) is 6.99. The van der Waals surface area contributed by atoms with Crippen LogP contribution in [0.4, 0.5) is 0 Å². The van der Waals surface area contributed by atoms with Crippen LogP contribution in [0.5, 0.6) is 0 Å². The molecule has 134 valence electrons. The van der Waals surface area contributed by atoms with E-state index in [-0.39, 0.29) is 5.91 Å². The number of nitrogens with zero attached hydrogens (tertiary/aromatic N) is 2. The Hall–Kier alpha value is -1.40. The van der Waals surface area contributed by atoms with Crippen LogP contribution >= 0.6 is 0 Å². The maximum Gasteiger partial charge on any atom is 0.243 e. The minimum atomic E-state index is -3.49. The number of benzene rings is 1. The molecule has 0 saturated carbocycles. The van der Waals surface area contributed by atoms with Crippen LogP contribution in [0, 0.1) is 19.8 Å². The fourth-order valence-electron chi connectivity index (χ4n) is 2.98. The van der Waals surface area contributed by atoms with Crippen LogP contribution in [-0.2, 0) is 14.8 Å². The molecule has 1 aliphatic heterocycles. The summed E-state index contributed by atoms with van der Waals surface area (Å²) >= 11 is 0. The fourth-order valence-corrected chi connectivity index (χ4v) is 4.60. The lowest BCUT2D eigenvalue weighted by molar-refractivity contribution is -0.132. The van der Waals surface area contributed by atoms with Crippen molar-refractivity contribution in [1.82, 2.24) is 9.21 Å². The molecule has 1 aromatic carbocycles. The van der Waals surface area contributed by atoms with E-state index in [2.05, 4.69) is 13.8 Å². The number of sulfonamides is 1. The smallest absolute Gasteiger partial charge is 0.243 e. The Kier molecular flexibility index (Phi) is 6.04. The average molecular weight is 353 g/mol. The molecule has 1 aromatic rings. The van der Waals surface area contributed by atoms with Crippen molar-refractivity contribution in [2.75, 3.05) is 26.2 Å². The number of rotatable bonds is 5. The zero-order chi connectivity index (χ0) is 17.9. The lowest BCUT2D eigenvalue weighted by Gasteiger charge is -2.34. The number of hydrogen-bond acceptors (Lipinski definition) is 3. The molecule has 1 fully saturated rings. The first-order valence-electron chi connectivity index (χ1n) is 8.57. The van der Waals surface area contributed by atoms with Gasteiger partial charge in [0, 0.05) is 32.6 Å².